The molecule has 1 aromatic heterocycles. The molecule has 0 amide bonds. The van der Waals surface area contributed by atoms with Crippen LogP contribution in [0.25, 0.3) is 0 Å². The van der Waals surface area contributed by atoms with Gasteiger partial charge in [0.15, 0.2) is 0 Å². The van der Waals surface area contributed by atoms with Crippen LogP contribution in [-0.2, 0) is 6.42 Å². The minimum atomic E-state index is 0.950. The lowest BCUT2D eigenvalue weighted by Crippen LogP contribution is -1.87. The fourth-order valence-electron chi connectivity index (χ4n) is 1.22. The largest absolute Gasteiger partial charge is 0.263 e. The molecule has 0 atom stereocenters. The van der Waals surface area contributed by atoms with Crippen LogP contribution in [0.15, 0.2) is 22.9 Å². The van der Waals surface area contributed by atoms with Gasteiger partial charge in [-0.1, -0.05) is 0 Å². The second-order valence-electron chi connectivity index (χ2n) is 3.16. The molecule has 2 rings (SSSR count). The normalized spacial score (nSPS) is 16.8. The Labute approximate surface area is 75.0 Å². The molecule has 1 aliphatic carbocycles. The quantitative estimate of drug-likeness (QED) is 0.734. The number of pyridine rings is 1. The van der Waals surface area contributed by atoms with Gasteiger partial charge in [0.05, 0.1) is 0 Å². The van der Waals surface area contributed by atoms with E-state index in [1.54, 1.807) is 0 Å². The van der Waals surface area contributed by atoms with E-state index in [-0.39, 0.29) is 0 Å². The summed E-state index contributed by atoms with van der Waals surface area (Å²) in [5, 5.41) is 0. The van der Waals surface area contributed by atoms with Crippen molar-refractivity contribution < 1.29 is 0 Å². The molecule has 1 heterocycles. The molecule has 1 saturated carbocycles. The summed E-state index contributed by atoms with van der Waals surface area (Å²) in [5.74, 6) is 0.950. The highest BCUT2D eigenvalue weighted by atomic mass is 79.9. The Balaban J connectivity index is 2.10. The predicted molar refractivity (Wildman–Crippen MR) is 48.4 cm³/mol. The van der Waals surface area contributed by atoms with Gasteiger partial charge in [-0.15, -0.1) is 0 Å². The molecule has 0 radical (unpaired) electrons. The van der Waals surface area contributed by atoms with Crippen LogP contribution < -0.4 is 0 Å². The Kier molecular flexibility index (Phi) is 1.95. The van der Waals surface area contributed by atoms with Gasteiger partial charge in [0.25, 0.3) is 0 Å². The van der Waals surface area contributed by atoms with Crippen molar-refractivity contribution in [2.24, 2.45) is 5.92 Å². The number of rotatable bonds is 2. The molecule has 1 nitrogen and oxygen atoms in total. The summed E-state index contributed by atoms with van der Waals surface area (Å²) in [6.07, 6.45) is 7.82. The van der Waals surface area contributed by atoms with E-state index in [2.05, 4.69) is 27.0 Å². The van der Waals surface area contributed by atoms with E-state index < -0.39 is 0 Å². The fraction of sp³-hybridized carbons (Fsp3) is 0.444. The molecule has 0 aliphatic heterocycles. The molecule has 0 unspecified atom stereocenters. The van der Waals surface area contributed by atoms with E-state index >= 15 is 0 Å². The van der Waals surface area contributed by atoms with E-state index in [0.717, 1.165) is 10.4 Å². The van der Waals surface area contributed by atoms with E-state index in [9.17, 15) is 0 Å². The second-order valence-corrected chi connectivity index (χ2v) is 4.07. The van der Waals surface area contributed by atoms with Crippen LogP contribution in [0, 0.1) is 5.92 Å². The first-order valence-electron chi connectivity index (χ1n) is 3.94. The molecule has 0 aromatic carbocycles. The van der Waals surface area contributed by atoms with Gasteiger partial charge in [0, 0.05) is 16.9 Å². The number of aromatic nitrogens is 1. The van der Waals surface area contributed by atoms with Crippen molar-refractivity contribution in [2.75, 3.05) is 0 Å². The van der Waals surface area contributed by atoms with Gasteiger partial charge in [-0.25, -0.2) is 0 Å². The molecule has 0 spiro atoms. The van der Waals surface area contributed by atoms with Gasteiger partial charge in [-0.05, 0) is 52.7 Å². The molecular weight excluding hydrogens is 202 g/mol. The summed E-state index contributed by atoms with van der Waals surface area (Å²) in [7, 11) is 0. The number of halogens is 1. The SMILES string of the molecule is Brc1cncc(CC2CC2)c1. The summed E-state index contributed by atoms with van der Waals surface area (Å²) in [4.78, 5) is 4.12. The maximum absolute atomic E-state index is 4.12. The highest BCUT2D eigenvalue weighted by Crippen LogP contribution is 2.32. The minimum absolute atomic E-state index is 0.950. The molecule has 0 bridgehead atoms. The maximum Gasteiger partial charge on any atom is 0.0410 e. The summed E-state index contributed by atoms with van der Waals surface area (Å²) in [6, 6.07) is 2.16. The van der Waals surface area contributed by atoms with Gasteiger partial charge in [0.1, 0.15) is 0 Å². The zero-order valence-electron chi connectivity index (χ0n) is 6.26. The minimum Gasteiger partial charge on any atom is -0.263 e. The standard InChI is InChI=1S/C9H10BrN/c10-9-4-8(5-11-6-9)3-7-1-2-7/h4-7H,1-3H2. The average Bonchev–Trinajstić information content (AvgIpc) is 2.71. The highest BCUT2D eigenvalue weighted by molar-refractivity contribution is 9.10. The first-order chi connectivity index (χ1) is 5.34. The van der Waals surface area contributed by atoms with E-state index in [4.69, 9.17) is 0 Å². The van der Waals surface area contributed by atoms with Crippen LogP contribution in [-0.4, -0.2) is 4.98 Å². The second kappa shape index (κ2) is 2.94. The Morgan fingerprint density at radius 1 is 1.45 bits per heavy atom. The molecule has 2 heteroatoms. The lowest BCUT2D eigenvalue weighted by molar-refractivity contribution is 0.826. The Bertz CT molecular complexity index is 255. The summed E-state index contributed by atoms with van der Waals surface area (Å²) in [5.41, 5.74) is 1.36. The maximum atomic E-state index is 4.12. The highest BCUT2D eigenvalue weighted by Gasteiger charge is 2.21. The number of nitrogens with zero attached hydrogens (tertiary/aromatic N) is 1. The number of hydrogen-bond donors (Lipinski definition) is 0. The molecule has 1 aromatic rings. The van der Waals surface area contributed by atoms with Crippen molar-refractivity contribution in [1.82, 2.24) is 4.98 Å². The van der Waals surface area contributed by atoms with Crippen LogP contribution in [0.4, 0.5) is 0 Å². The van der Waals surface area contributed by atoms with Crippen molar-refractivity contribution in [3.05, 3.63) is 28.5 Å². The molecule has 11 heavy (non-hydrogen) atoms. The Hall–Kier alpha value is -0.370. The van der Waals surface area contributed by atoms with Crippen LogP contribution in [0.5, 0.6) is 0 Å². The van der Waals surface area contributed by atoms with E-state index in [0.29, 0.717) is 0 Å². The topological polar surface area (TPSA) is 12.9 Å². The Morgan fingerprint density at radius 2 is 2.27 bits per heavy atom. The zero-order valence-corrected chi connectivity index (χ0v) is 7.84. The van der Waals surface area contributed by atoms with E-state index in [1.165, 1.54) is 24.8 Å². The van der Waals surface area contributed by atoms with Crippen LogP contribution in [0.2, 0.25) is 0 Å². The van der Waals surface area contributed by atoms with Crippen LogP contribution in [0.3, 0.4) is 0 Å². The third kappa shape index (κ3) is 2.03. The monoisotopic (exact) mass is 211 g/mol. The summed E-state index contributed by atoms with van der Waals surface area (Å²) >= 11 is 3.41. The Morgan fingerprint density at radius 3 is 2.91 bits per heavy atom. The first kappa shape index (κ1) is 7.29. The lowest BCUT2D eigenvalue weighted by Gasteiger charge is -1.97. The van der Waals surface area contributed by atoms with Crippen LogP contribution in [0.1, 0.15) is 18.4 Å². The average molecular weight is 212 g/mol. The smallest absolute Gasteiger partial charge is 0.0410 e. The van der Waals surface area contributed by atoms with Gasteiger partial charge in [0.2, 0.25) is 0 Å². The first-order valence-corrected chi connectivity index (χ1v) is 4.73. The van der Waals surface area contributed by atoms with Crippen molar-refractivity contribution >= 4 is 15.9 Å². The molecule has 1 fully saturated rings. The van der Waals surface area contributed by atoms with Gasteiger partial charge in [-0.2, -0.15) is 0 Å². The van der Waals surface area contributed by atoms with E-state index in [1.807, 2.05) is 12.4 Å². The molecular formula is C9H10BrN. The van der Waals surface area contributed by atoms with Crippen molar-refractivity contribution in [3.8, 4) is 0 Å². The molecule has 0 saturated heterocycles. The van der Waals surface area contributed by atoms with Gasteiger partial charge < -0.3 is 0 Å². The summed E-state index contributed by atoms with van der Waals surface area (Å²) in [6.45, 7) is 0. The van der Waals surface area contributed by atoms with Crippen molar-refractivity contribution in [2.45, 2.75) is 19.3 Å². The molecule has 0 N–H and O–H groups in total. The third-order valence-electron chi connectivity index (χ3n) is 1.98. The predicted octanol–water partition coefficient (Wildman–Crippen LogP) is 2.80. The van der Waals surface area contributed by atoms with Gasteiger partial charge in [-0.3, -0.25) is 4.98 Å². The van der Waals surface area contributed by atoms with Crippen molar-refractivity contribution in [3.63, 3.8) is 0 Å². The molecule has 1 aliphatic rings. The lowest BCUT2D eigenvalue weighted by atomic mass is 10.1. The third-order valence-corrected chi connectivity index (χ3v) is 2.42. The zero-order chi connectivity index (χ0) is 7.68. The van der Waals surface area contributed by atoms with Gasteiger partial charge >= 0.3 is 0 Å². The number of hydrogen-bond acceptors (Lipinski definition) is 1. The summed E-state index contributed by atoms with van der Waals surface area (Å²) < 4.78 is 1.09. The fourth-order valence-corrected chi connectivity index (χ4v) is 1.64. The van der Waals surface area contributed by atoms with Crippen LogP contribution >= 0.6 is 15.9 Å². The molecule has 58 valence electrons. The van der Waals surface area contributed by atoms with Crippen molar-refractivity contribution in [1.29, 1.82) is 0 Å².